The van der Waals surface area contributed by atoms with Gasteiger partial charge in [0.2, 0.25) is 5.91 Å². The van der Waals surface area contributed by atoms with Gasteiger partial charge in [0.05, 0.1) is 5.92 Å². The number of fused-ring (bicyclic) bond motifs is 2. The lowest BCUT2D eigenvalue weighted by atomic mass is 9.75. The highest BCUT2D eigenvalue weighted by atomic mass is 16.1. The molecule has 3 rings (SSSR count). The summed E-state index contributed by atoms with van der Waals surface area (Å²) in [5.74, 6) is 0.0913. The molecule has 0 saturated heterocycles. The number of carbonyl (C=O) groups excluding carboxylic acids is 2. The van der Waals surface area contributed by atoms with Crippen molar-refractivity contribution in [1.82, 2.24) is 0 Å². The first kappa shape index (κ1) is 11.5. The minimum atomic E-state index is -0.295. The van der Waals surface area contributed by atoms with Crippen LogP contribution in [0.5, 0.6) is 0 Å². The Morgan fingerprint density at radius 2 is 1.61 bits per heavy atom. The number of nitrogens with two attached hydrogens (primary N) is 1. The zero-order chi connectivity index (χ0) is 12.7. The van der Waals surface area contributed by atoms with Gasteiger partial charge in [0.15, 0.2) is 5.78 Å². The third-order valence-corrected chi connectivity index (χ3v) is 4.61. The summed E-state index contributed by atoms with van der Waals surface area (Å²) in [4.78, 5) is 24.2. The molecule has 1 aromatic carbocycles. The predicted molar refractivity (Wildman–Crippen MR) is 67.8 cm³/mol. The van der Waals surface area contributed by atoms with Gasteiger partial charge < -0.3 is 5.73 Å². The second-order valence-electron chi connectivity index (χ2n) is 5.52. The average molecular weight is 243 g/mol. The summed E-state index contributed by atoms with van der Waals surface area (Å²) in [7, 11) is 0. The maximum absolute atomic E-state index is 12.5. The van der Waals surface area contributed by atoms with Crippen molar-refractivity contribution in [3.63, 3.8) is 0 Å². The first-order valence-corrected chi connectivity index (χ1v) is 6.57. The van der Waals surface area contributed by atoms with Gasteiger partial charge in [-0.1, -0.05) is 30.3 Å². The lowest BCUT2D eigenvalue weighted by Crippen LogP contribution is -2.38. The highest BCUT2D eigenvalue weighted by Gasteiger charge is 2.52. The summed E-state index contributed by atoms with van der Waals surface area (Å²) in [6.07, 6.45) is 3.12. The summed E-state index contributed by atoms with van der Waals surface area (Å²) in [6.45, 7) is 0. The van der Waals surface area contributed by atoms with Gasteiger partial charge >= 0.3 is 0 Å². The van der Waals surface area contributed by atoms with Crippen LogP contribution < -0.4 is 5.73 Å². The quantitative estimate of drug-likeness (QED) is 0.825. The molecule has 3 heteroatoms. The van der Waals surface area contributed by atoms with Gasteiger partial charge in [-0.15, -0.1) is 0 Å². The molecular weight excluding hydrogens is 226 g/mol. The SMILES string of the molecule is NC(=O)C1C2CCC(C2)C1C(=O)c1ccccc1. The van der Waals surface area contributed by atoms with Crippen LogP contribution in [-0.4, -0.2) is 11.7 Å². The molecule has 4 unspecified atom stereocenters. The van der Waals surface area contributed by atoms with Gasteiger partial charge in [-0.2, -0.15) is 0 Å². The predicted octanol–water partition coefficient (Wildman–Crippen LogP) is 2.02. The van der Waals surface area contributed by atoms with Gasteiger partial charge in [-0.05, 0) is 31.1 Å². The van der Waals surface area contributed by atoms with Crippen molar-refractivity contribution in [2.75, 3.05) is 0 Å². The molecule has 2 bridgehead atoms. The molecule has 2 aliphatic rings. The lowest BCUT2D eigenvalue weighted by molar-refractivity contribution is -0.124. The molecule has 0 heterocycles. The highest BCUT2D eigenvalue weighted by Crippen LogP contribution is 2.53. The molecule has 2 fully saturated rings. The molecule has 2 N–H and O–H groups in total. The third kappa shape index (κ3) is 1.65. The van der Waals surface area contributed by atoms with E-state index >= 15 is 0 Å². The Labute approximate surface area is 106 Å². The van der Waals surface area contributed by atoms with Crippen molar-refractivity contribution < 1.29 is 9.59 Å². The van der Waals surface area contributed by atoms with E-state index in [9.17, 15) is 9.59 Å². The van der Waals surface area contributed by atoms with Crippen molar-refractivity contribution in [3.8, 4) is 0 Å². The molecule has 0 aliphatic heterocycles. The number of Topliss-reactive ketones (excluding diaryl/α,β-unsaturated/α-hetero) is 1. The van der Waals surface area contributed by atoms with E-state index in [0.29, 0.717) is 17.4 Å². The maximum atomic E-state index is 12.5. The van der Waals surface area contributed by atoms with Crippen LogP contribution in [0, 0.1) is 23.7 Å². The molecule has 1 amide bonds. The molecule has 18 heavy (non-hydrogen) atoms. The first-order chi connectivity index (χ1) is 8.68. The smallest absolute Gasteiger partial charge is 0.221 e. The minimum Gasteiger partial charge on any atom is -0.369 e. The number of ketones is 1. The maximum Gasteiger partial charge on any atom is 0.221 e. The van der Waals surface area contributed by atoms with E-state index in [0.717, 1.165) is 19.3 Å². The topological polar surface area (TPSA) is 60.2 Å². The highest BCUT2D eigenvalue weighted by molar-refractivity contribution is 6.01. The molecule has 3 nitrogen and oxygen atoms in total. The summed E-state index contributed by atoms with van der Waals surface area (Å²) in [6, 6.07) is 9.27. The molecule has 0 spiro atoms. The number of rotatable bonds is 3. The van der Waals surface area contributed by atoms with E-state index in [1.807, 2.05) is 30.3 Å². The second kappa shape index (κ2) is 4.23. The third-order valence-electron chi connectivity index (χ3n) is 4.61. The van der Waals surface area contributed by atoms with E-state index in [4.69, 9.17) is 5.73 Å². The van der Waals surface area contributed by atoms with Crippen LogP contribution >= 0.6 is 0 Å². The first-order valence-electron chi connectivity index (χ1n) is 6.57. The van der Waals surface area contributed by atoms with Crippen LogP contribution in [0.4, 0.5) is 0 Å². The van der Waals surface area contributed by atoms with Crippen LogP contribution in [0.2, 0.25) is 0 Å². The van der Waals surface area contributed by atoms with E-state index in [-0.39, 0.29) is 23.5 Å². The van der Waals surface area contributed by atoms with Gasteiger partial charge in [0, 0.05) is 11.5 Å². The Bertz CT molecular complexity index is 483. The largest absolute Gasteiger partial charge is 0.369 e. The number of amides is 1. The number of primary amides is 1. The summed E-state index contributed by atoms with van der Waals surface area (Å²) < 4.78 is 0. The molecule has 94 valence electrons. The van der Waals surface area contributed by atoms with Gasteiger partial charge in [-0.25, -0.2) is 0 Å². The van der Waals surface area contributed by atoms with Crippen LogP contribution in [0.25, 0.3) is 0 Å². The van der Waals surface area contributed by atoms with Crippen molar-refractivity contribution in [1.29, 1.82) is 0 Å². The molecule has 4 atom stereocenters. The summed E-state index contributed by atoms with van der Waals surface area (Å²) >= 11 is 0. The zero-order valence-corrected chi connectivity index (χ0v) is 10.2. The fourth-order valence-electron chi connectivity index (χ4n) is 3.87. The van der Waals surface area contributed by atoms with Crippen molar-refractivity contribution in [2.45, 2.75) is 19.3 Å². The molecule has 0 radical (unpaired) electrons. The number of hydrogen-bond acceptors (Lipinski definition) is 2. The Morgan fingerprint density at radius 1 is 1.00 bits per heavy atom. The van der Waals surface area contributed by atoms with Crippen LogP contribution in [-0.2, 0) is 4.79 Å². The Balaban J connectivity index is 1.91. The normalized spacial score (nSPS) is 33.6. The van der Waals surface area contributed by atoms with Gasteiger partial charge in [0.1, 0.15) is 0 Å². The van der Waals surface area contributed by atoms with Crippen molar-refractivity contribution in [3.05, 3.63) is 35.9 Å². The Kier molecular flexibility index (Phi) is 2.69. The van der Waals surface area contributed by atoms with Crippen LogP contribution in [0.15, 0.2) is 30.3 Å². The zero-order valence-electron chi connectivity index (χ0n) is 10.2. The number of benzene rings is 1. The summed E-state index contributed by atoms with van der Waals surface area (Å²) in [5, 5.41) is 0. The fourth-order valence-corrected chi connectivity index (χ4v) is 3.87. The summed E-state index contributed by atoms with van der Waals surface area (Å²) in [5.41, 5.74) is 6.21. The minimum absolute atomic E-state index is 0.103. The monoisotopic (exact) mass is 243 g/mol. The fraction of sp³-hybridized carbons (Fsp3) is 0.467. The lowest BCUT2D eigenvalue weighted by Gasteiger charge is -2.27. The van der Waals surface area contributed by atoms with E-state index in [1.54, 1.807) is 0 Å². The van der Waals surface area contributed by atoms with Crippen LogP contribution in [0.1, 0.15) is 29.6 Å². The van der Waals surface area contributed by atoms with Crippen molar-refractivity contribution >= 4 is 11.7 Å². The van der Waals surface area contributed by atoms with E-state index in [1.165, 1.54) is 0 Å². The molecule has 0 aromatic heterocycles. The molecule has 1 aromatic rings. The van der Waals surface area contributed by atoms with Crippen molar-refractivity contribution in [2.24, 2.45) is 29.4 Å². The van der Waals surface area contributed by atoms with Gasteiger partial charge in [0.25, 0.3) is 0 Å². The number of carbonyl (C=O) groups is 2. The average Bonchev–Trinajstić information content (AvgIpc) is 2.99. The second-order valence-corrected chi connectivity index (χ2v) is 5.52. The molecular formula is C15H17NO2. The Morgan fingerprint density at radius 3 is 2.22 bits per heavy atom. The Hall–Kier alpha value is -1.64. The van der Waals surface area contributed by atoms with E-state index in [2.05, 4.69) is 0 Å². The van der Waals surface area contributed by atoms with Crippen LogP contribution in [0.3, 0.4) is 0 Å². The number of hydrogen-bond donors (Lipinski definition) is 1. The standard InChI is InChI=1S/C15H17NO2/c16-15(18)13-11-7-6-10(8-11)12(13)14(17)9-4-2-1-3-5-9/h1-5,10-13H,6-8H2,(H2,16,18). The van der Waals surface area contributed by atoms with E-state index < -0.39 is 0 Å². The molecule has 2 aliphatic carbocycles. The van der Waals surface area contributed by atoms with Gasteiger partial charge in [-0.3, -0.25) is 9.59 Å². The molecule has 2 saturated carbocycles.